The van der Waals surface area contributed by atoms with Crippen molar-refractivity contribution >= 4 is 18.4 Å². The Labute approximate surface area is 65.2 Å². The second-order valence-corrected chi connectivity index (χ2v) is 2.92. The molecule has 2 fully saturated rings. The summed E-state index contributed by atoms with van der Waals surface area (Å²) in [5, 5.41) is 11.8. The third kappa shape index (κ3) is 0.739. The van der Waals surface area contributed by atoms with Gasteiger partial charge in [0, 0.05) is 6.04 Å². The van der Waals surface area contributed by atoms with Crippen molar-refractivity contribution < 1.29 is 9.90 Å². The summed E-state index contributed by atoms with van der Waals surface area (Å²) in [5.41, 5.74) is -0.333. The van der Waals surface area contributed by atoms with E-state index >= 15 is 0 Å². The number of halogens is 1. The first-order valence-electron chi connectivity index (χ1n) is 3.22. The molecule has 58 valence electrons. The summed E-state index contributed by atoms with van der Waals surface area (Å²) >= 11 is 0. The van der Waals surface area contributed by atoms with Crippen LogP contribution in [0.25, 0.3) is 0 Å². The number of piperidine rings is 1. The highest BCUT2D eigenvalue weighted by atomic mass is 35.5. The lowest BCUT2D eigenvalue weighted by Crippen LogP contribution is -2.16. The van der Waals surface area contributed by atoms with Crippen molar-refractivity contribution in [3.63, 3.8) is 0 Å². The van der Waals surface area contributed by atoms with Gasteiger partial charge in [0.2, 0.25) is 0 Å². The Morgan fingerprint density at radius 3 is 2.60 bits per heavy atom. The lowest BCUT2D eigenvalue weighted by atomic mass is 10.1. The SMILES string of the molecule is Cl.O=C(O)C12CCNC1C2. The first-order valence-corrected chi connectivity index (χ1v) is 3.22. The van der Waals surface area contributed by atoms with E-state index in [9.17, 15) is 4.79 Å². The predicted molar refractivity (Wildman–Crippen MR) is 38.3 cm³/mol. The van der Waals surface area contributed by atoms with Crippen LogP contribution in [0.1, 0.15) is 12.8 Å². The van der Waals surface area contributed by atoms with Crippen molar-refractivity contribution in [3.05, 3.63) is 0 Å². The van der Waals surface area contributed by atoms with Gasteiger partial charge in [-0.3, -0.25) is 4.79 Å². The molecule has 0 bridgehead atoms. The molecule has 1 saturated heterocycles. The highest BCUT2D eigenvalue weighted by Crippen LogP contribution is 2.52. The van der Waals surface area contributed by atoms with Crippen LogP contribution >= 0.6 is 12.4 Å². The molecule has 0 aromatic carbocycles. The smallest absolute Gasteiger partial charge is 0.311 e. The van der Waals surface area contributed by atoms with E-state index < -0.39 is 5.97 Å². The summed E-state index contributed by atoms with van der Waals surface area (Å²) in [6.45, 7) is 0.886. The van der Waals surface area contributed by atoms with E-state index in [1.807, 2.05) is 0 Å². The number of aliphatic carboxylic acids is 1. The Bertz CT molecular complexity index is 173. The van der Waals surface area contributed by atoms with Crippen LogP contribution in [0.4, 0.5) is 0 Å². The minimum Gasteiger partial charge on any atom is -0.481 e. The summed E-state index contributed by atoms with van der Waals surface area (Å²) in [4.78, 5) is 10.5. The van der Waals surface area contributed by atoms with E-state index in [4.69, 9.17) is 5.11 Å². The fourth-order valence-electron chi connectivity index (χ4n) is 1.66. The maximum atomic E-state index is 10.5. The average Bonchev–Trinajstić information content (AvgIpc) is 2.38. The molecular formula is C6H10ClNO2. The Morgan fingerprint density at radius 1 is 1.70 bits per heavy atom. The molecule has 0 amide bonds. The number of hydrogen-bond donors (Lipinski definition) is 2. The van der Waals surface area contributed by atoms with Crippen LogP contribution in [0.2, 0.25) is 0 Å². The molecule has 2 rings (SSSR count). The number of rotatable bonds is 1. The third-order valence-corrected chi connectivity index (χ3v) is 2.46. The van der Waals surface area contributed by atoms with E-state index in [1.54, 1.807) is 0 Å². The van der Waals surface area contributed by atoms with Crippen LogP contribution in [0.5, 0.6) is 0 Å². The normalized spacial score (nSPS) is 41.8. The van der Waals surface area contributed by atoms with E-state index in [1.165, 1.54) is 0 Å². The molecule has 4 heteroatoms. The molecule has 1 heterocycles. The molecule has 10 heavy (non-hydrogen) atoms. The summed E-state index contributed by atoms with van der Waals surface area (Å²) in [7, 11) is 0. The van der Waals surface area contributed by atoms with Gasteiger partial charge >= 0.3 is 5.97 Å². The molecule has 3 nitrogen and oxygen atoms in total. The molecular weight excluding hydrogens is 154 g/mol. The summed E-state index contributed by atoms with van der Waals surface area (Å²) in [6, 6.07) is 0.301. The molecule has 2 unspecified atom stereocenters. The van der Waals surface area contributed by atoms with Crippen molar-refractivity contribution in [1.82, 2.24) is 5.32 Å². The first kappa shape index (κ1) is 7.82. The number of carboxylic acid groups (broad SMARTS) is 1. The van der Waals surface area contributed by atoms with Gasteiger partial charge in [0.15, 0.2) is 0 Å². The molecule has 2 atom stereocenters. The van der Waals surface area contributed by atoms with E-state index in [0.29, 0.717) is 6.04 Å². The minimum absolute atomic E-state index is 0. The maximum Gasteiger partial charge on any atom is 0.311 e. The Hall–Kier alpha value is -0.280. The van der Waals surface area contributed by atoms with Crippen LogP contribution in [-0.4, -0.2) is 23.7 Å². The first-order chi connectivity index (χ1) is 4.26. The highest BCUT2D eigenvalue weighted by molar-refractivity contribution is 5.85. The molecule has 1 saturated carbocycles. The molecule has 0 radical (unpaired) electrons. The summed E-state index contributed by atoms with van der Waals surface area (Å²) in [5.74, 6) is -0.613. The molecule has 1 aliphatic heterocycles. The quantitative estimate of drug-likeness (QED) is 0.583. The van der Waals surface area contributed by atoms with Gasteiger partial charge in [-0.25, -0.2) is 0 Å². The lowest BCUT2D eigenvalue weighted by molar-refractivity contribution is -0.143. The molecule has 2 N–H and O–H groups in total. The van der Waals surface area contributed by atoms with Gasteiger partial charge in [-0.2, -0.15) is 0 Å². The van der Waals surface area contributed by atoms with Crippen molar-refractivity contribution in [2.24, 2.45) is 5.41 Å². The topological polar surface area (TPSA) is 49.3 Å². The van der Waals surface area contributed by atoms with E-state index in [2.05, 4.69) is 5.32 Å². The van der Waals surface area contributed by atoms with Crippen molar-refractivity contribution in [3.8, 4) is 0 Å². The molecule has 2 aliphatic rings. The lowest BCUT2D eigenvalue weighted by Gasteiger charge is -2.00. The van der Waals surface area contributed by atoms with Gasteiger partial charge in [-0.1, -0.05) is 0 Å². The van der Waals surface area contributed by atoms with Gasteiger partial charge < -0.3 is 10.4 Å². The Kier molecular flexibility index (Phi) is 1.65. The van der Waals surface area contributed by atoms with Gasteiger partial charge in [-0.05, 0) is 19.4 Å². The van der Waals surface area contributed by atoms with Gasteiger partial charge in [0.1, 0.15) is 0 Å². The fourth-order valence-corrected chi connectivity index (χ4v) is 1.66. The van der Waals surface area contributed by atoms with Crippen LogP contribution in [0, 0.1) is 5.41 Å². The second-order valence-electron chi connectivity index (χ2n) is 2.92. The average molecular weight is 164 g/mol. The monoisotopic (exact) mass is 163 g/mol. The predicted octanol–water partition coefficient (Wildman–Crippen LogP) is 0.245. The highest BCUT2D eigenvalue weighted by Gasteiger charge is 2.62. The molecule has 0 aromatic heterocycles. The number of fused-ring (bicyclic) bond motifs is 1. The van der Waals surface area contributed by atoms with E-state index in [-0.39, 0.29) is 17.8 Å². The van der Waals surface area contributed by atoms with Gasteiger partial charge in [-0.15, -0.1) is 12.4 Å². The molecule has 0 spiro atoms. The van der Waals surface area contributed by atoms with Gasteiger partial charge in [0.25, 0.3) is 0 Å². The van der Waals surface area contributed by atoms with E-state index in [0.717, 1.165) is 19.4 Å². The van der Waals surface area contributed by atoms with Crippen LogP contribution in [-0.2, 0) is 4.79 Å². The van der Waals surface area contributed by atoms with Crippen LogP contribution < -0.4 is 5.32 Å². The number of carbonyl (C=O) groups is 1. The zero-order valence-electron chi connectivity index (χ0n) is 5.46. The Morgan fingerprint density at radius 2 is 2.40 bits per heavy atom. The number of carboxylic acids is 1. The minimum atomic E-state index is -0.613. The van der Waals surface area contributed by atoms with Crippen LogP contribution in [0.15, 0.2) is 0 Å². The fraction of sp³-hybridized carbons (Fsp3) is 0.833. The van der Waals surface area contributed by atoms with Crippen molar-refractivity contribution in [2.75, 3.05) is 6.54 Å². The zero-order valence-corrected chi connectivity index (χ0v) is 6.28. The standard InChI is InChI=1S/C6H9NO2.ClH/c8-5(9)6-1-2-7-4(6)3-6;/h4,7H,1-3H2,(H,8,9);1H. The van der Waals surface area contributed by atoms with Crippen LogP contribution in [0.3, 0.4) is 0 Å². The Balaban J connectivity index is 0.000000500. The summed E-state index contributed by atoms with van der Waals surface area (Å²) in [6.07, 6.45) is 1.68. The van der Waals surface area contributed by atoms with Crippen molar-refractivity contribution in [1.29, 1.82) is 0 Å². The largest absolute Gasteiger partial charge is 0.481 e. The van der Waals surface area contributed by atoms with Crippen molar-refractivity contribution in [2.45, 2.75) is 18.9 Å². The third-order valence-electron chi connectivity index (χ3n) is 2.46. The maximum absolute atomic E-state index is 10.5. The second kappa shape index (κ2) is 2.10. The van der Waals surface area contributed by atoms with Gasteiger partial charge in [0.05, 0.1) is 5.41 Å². The summed E-state index contributed by atoms with van der Waals surface area (Å²) < 4.78 is 0. The number of hydrogen-bond acceptors (Lipinski definition) is 2. The zero-order chi connectivity index (χ0) is 6.48. The molecule has 1 aliphatic carbocycles. The number of nitrogens with one attached hydrogen (secondary N) is 1. The molecule has 0 aromatic rings.